The first kappa shape index (κ1) is 18.2. The minimum absolute atomic E-state index is 0.503. The minimum atomic E-state index is 0.503. The second kappa shape index (κ2) is 9.24. The predicted octanol–water partition coefficient (Wildman–Crippen LogP) is 3.63. The highest BCUT2D eigenvalue weighted by atomic mass is 16.5. The van der Waals surface area contributed by atoms with Gasteiger partial charge in [-0.1, -0.05) is 27.2 Å². The van der Waals surface area contributed by atoms with Crippen molar-refractivity contribution in [2.45, 2.75) is 71.9 Å². The molecular weight excluding hydrogens is 272 g/mol. The van der Waals surface area contributed by atoms with E-state index in [-0.39, 0.29) is 0 Å². The Balaban J connectivity index is 1.63. The lowest BCUT2D eigenvalue weighted by Gasteiger charge is -2.38. The van der Waals surface area contributed by atoms with Crippen molar-refractivity contribution in [2.75, 3.05) is 39.3 Å². The summed E-state index contributed by atoms with van der Waals surface area (Å²) in [5.41, 5.74) is 0. The van der Waals surface area contributed by atoms with Crippen molar-refractivity contribution in [3.05, 3.63) is 0 Å². The molecule has 2 aliphatic heterocycles. The Labute approximate surface area is 138 Å². The van der Waals surface area contributed by atoms with Gasteiger partial charge in [0, 0.05) is 19.1 Å². The molecule has 0 aromatic carbocycles. The summed E-state index contributed by atoms with van der Waals surface area (Å²) in [6.45, 7) is 16.5. The molecule has 0 aliphatic carbocycles. The molecule has 0 aromatic heterocycles. The molecule has 22 heavy (non-hydrogen) atoms. The second-order valence-electron chi connectivity index (χ2n) is 7.57. The normalized spacial score (nSPS) is 26.2. The van der Waals surface area contributed by atoms with Crippen LogP contribution in [0.3, 0.4) is 0 Å². The second-order valence-corrected chi connectivity index (χ2v) is 7.57. The molecule has 0 aromatic rings. The average Bonchev–Trinajstić information content (AvgIpc) is 2.59. The van der Waals surface area contributed by atoms with E-state index in [1.54, 1.807) is 0 Å². The van der Waals surface area contributed by atoms with Crippen LogP contribution in [0, 0.1) is 11.8 Å². The Morgan fingerprint density at radius 1 is 0.955 bits per heavy atom. The molecule has 2 atom stereocenters. The molecule has 0 radical (unpaired) electrons. The molecule has 2 saturated heterocycles. The molecule has 2 heterocycles. The molecule has 0 spiro atoms. The lowest BCUT2D eigenvalue weighted by Crippen LogP contribution is -2.44. The highest BCUT2D eigenvalue weighted by Gasteiger charge is 2.26. The first-order valence-corrected chi connectivity index (χ1v) is 9.72. The van der Waals surface area contributed by atoms with Gasteiger partial charge in [-0.2, -0.15) is 0 Å². The molecule has 0 N–H and O–H groups in total. The maximum Gasteiger partial charge on any atom is 0.0622 e. The van der Waals surface area contributed by atoms with Crippen molar-refractivity contribution < 1.29 is 4.74 Å². The summed E-state index contributed by atoms with van der Waals surface area (Å²) in [4.78, 5) is 5.18. The lowest BCUT2D eigenvalue weighted by atomic mass is 9.84. The van der Waals surface area contributed by atoms with Crippen LogP contribution in [-0.4, -0.2) is 61.3 Å². The first-order valence-electron chi connectivity index (χ1n) is 9.72. The Hall–Kier alpha value is -0.120. The summed E-state index contributed by atoms with van der Waals surface area (Å²) >= 11 is 0. The average molecular weight is 311 g/mol. The lowest BCUT2D eigenvalue weighted by molar-refractivity contribution is -0.0242. The zero-order chi connectivity index (χ0) is 15.9. The molecule has 2 unspecified atom stereocenters. The molecular formula is C19H38N2O. The van der Waals surface area contributed by atoms with Crippen molar-refractivity contribution >= 4 is 0 Å². The van der Waals surface area contributed by atoms with E-state index in [4.69, 9.17) is 4.74 Å². The summed E-state index contributed by atoms with van der Waals surface area (Å²) in [6, 6.07) is 0.585. The molecule has 0 bridgehead atoms. The molecule has 2 rings (SSSR count). The van der Waals surface area contributed by atoms with Gasteiger partial charge in [0.2, 0.25) is 0 Å². The number of hydrogen-bond donors (Lipinski definition) is 0. The fourth-order valence-corrected chi connectivity index (χ4v) is 4.04. The highest BCUT2D eigenvalue weighted by molar-refractivity contribution is 4.79. The van der Waals surface area contributed by atoms with Gasteiger partial charge in [0.05, 0.1) is 12.7 Å². The van der Waals surface area contributed by atoms with E-state index in [0.717, 1.165) is 18.4 Å². The quantitative estimate of drug-likeness (QED) is 0.714. The van der Waals surface area contributed by atoms with Crippen LogP contribution >= 0.6 is 0 Å². The van der Waals surface area contributed by atoms with Crippen LogP contribution < -0.4 is 0 Å². The van der Waals surface area contributed by atoms with E-state index < -0.39 is 0 Å². The van der Waals surface area contributed by atoms with Crippen LogP contribution in [0.2, 0.25) is 0 Å². The molecule has 0 amide bonds. The summed E-state index contributed by atoms with van der Waals surface area (Å²) in [6.07, 6.45) is 7.04. The van der Waals surface area contributed by atoms with E-state index in [2.05, 4.69) is 37.5 Å². The summed E-state index contributed by atoms with van der Waals surface area (Å²) in [5, 5.41) is 0. The molecule has 3 nitrogen and oxygen atoms in total. The third-order valence-corrected chi connectivity index (χ3v) is 6.20. The van der Waals surface area contributed by atoms with Gasteiger partial charge >= 0.3 is 0 Å². The number of hydrogen-bond acceptors (Lipinski definition) is 3. The molecule has 130 valence electrons. The number of nitrogens with zero attached hydrogens (tertiary/aromatic N) is 2. The number of piperidine rings is 2. The van der Waals surface area contributed by atoms with Gasteiger partial charge in [0.15, 0.2) is 0 Å². The largest absolute Gasteiger partial charge is 0.377 e. The van der Waals surface area contributed by atoms with Crippen LogP contribution in [0.15, 0.2) is 0 Å². The smallest absolute Gasteiger partial charge is 0.0622 e. The Kier molecular flexibility index (Phi) is 7.66. The van der Waals surface area contributed by atoms with Crippen LogP contribution in [-0.2, 0) is 4.74 Å². The zero-order valence-electron chi connectivity index (χ0n) is 15.4. The Morgan fingerprint density at radius 2 is 1.59 bits per heavy atom. The maximum absolute atomic E-state index is 6.22. The summed E-state index contributed by atoms with van der Waals surface area (Å²) < 4.78 is 6.22. The van der Waals surface area contributed by atoms with Gasteiger partial charge in [-0.25, -0.2) is 0 Å². The van der Waals surface area contributed by atoms with Crippen molar-refractivity contribution in [1.82, 2.24) is 9.80 Å². The number of likely N-dealkylation sites (tertiary alicyclic amines) is 2. The monoisotopic (exact) mass is 310 g/mol. The van der Waals surface area contributed by atoms with Gasteiger partial charge in [0.1, 0.15) is 0 Å². The van der Waals surface area contributed by atoms with Crippen molar-refractivity contribution in [1.29, 1.82) is 0 Å². The summed E-state index contributed by atoms with van der Waals surface area (Å²) in [5.74, 6) is 1.85. The topological polar surface area (TPSA) is 15.7 Å². The number of rotatable bonds is 7. The predicted molar refractivity (Wildman–Crippen MR) is 94.3 cm³/mol. The van der Waals surface area contributed by atoms with Crippen LogP contribution in [0.25, 0.3) is 0 Å². The van der Waals surface area contributed by atoms with Gasteiger partial charge in [-0.05, 0) is 64.1 Å². The van der Waals surface area contributed by atoms with Gasteiger partial charge in [0.25, 0.3) is 0 Å². The van der Waals surface area contributed by atoms with Crippen LogP contribution in [0.1, 0.15) is 59.8 Å². The number of ether oxygens (including phenoxy) is 1. The van der Waals surface area contributed by atoms with Crippen LogP contribution in [0.5, 0.6) is 0 Å². The van der Waals surface area contributed by atoms with E-state index in [9.17, 15) is 0 Å². The van der Waals surface area contributed by atoms with Crippen LogP contribution in [0.4, 0.5) is 0 Å². The Morgan fingerprint density at radius 3 is 2.14 bits per heavy atom. The Bertz CT molecular complexity index is 294. The van der Waals surface area contributed by atoms with Gasteiger partial charge in [-0.15, -0.1) is 0 Å². The van der Waals surface area contributed by atoms with Crippen molar-refractivity contribution in [3.8, 4) is 0 Å². The van der Waals surface area contributed by atoms with E-state index in [1.165, 1.54) is 64.8 Å². The van der Waals surface area contributed by atoms with E-state index >= 15 is 0 Å². The molecule has 2 fully saturated rings. The molecule has 2 aliphatic rings. The molecule has 3 heteroatoms. The van der Waals surface area contributed by atoms with E-state index in [1.807, 2.05) is 0 Å². The fraction of sp³-hybridized carbons (Fsp3) is 1.00. The maximum atomic E-state index is 6.22. The van der Waals surface area contributed by atoms with Crippen molar-refractivity contribution in [2.24, 2.45) is 11.8 Å². The molecule has 0 saturated carbocycles. The fourth-order valence-electron chi connectivity index (χ4n) is 4.04. The van der Waals surface area contributed by atoms with E-state index in [0.29, 0.717) is 12.1 Å². The standard InChI is InChI=1S/C19H38N2O/c1-5-16(3)18-7-13-21(14-8-18)17(4)15-22-19-9-11-20(6-2)12-10-19/h16-19H,5-15H2,1-4H3. The third-order valence-electron chi connectivity index (χ3n) is 6.20. The zero-order valence-corrected chi connectivity index (χ0v) is 15.4. The first-order chi connectivity index (χ1) is 10.6. The third kappa shape index (κ3) is 5.21. The minimum Gasteiger partial charge on any atom is -0.377 e. The van der Waals surface area contributed by atoms with Crippen molar-refractivity contribution in [3.63, 3.8) is 0 Å². The van der Waals surface area contributed by atoms with Gasteiger partial charge in [-0.3, -0.25) is 4.90 Å². The SMILES string of the molecule is CCC(C)C1CCN(C(C)COC2CCN(CC)CC2)CC1. The van der Waals surface area contributed by atoms with Gasteiger partial charge < -0.3 is 9.64 Å². The summed E-state index contributed by atoms with van der Waals surface area (Å²) in [7, 11) is 0. The highest BCUT2D eigenvalue weighted by Crippen LogP contribution is 2.27.